The lowest BCUT2D eigenvalue weighted by atomic mass is 9.98. The number of rotatable bonds is 52. The molecule has 1 aliphatic heterocycles. The molecule has 12 nitrogen and oxygen atoms in total. The molecule has 6 unspecified atom stereocenters. The van der Waals surface area contributed by atoms with Crippen molar-refractivity contribution in [2.75, 3.05) is 13.2 Å². The van der Waals surface area contributed by atoms with Gasteiger partial charge < -0.3 is 39.0 Å². The molecule has 3 N–H and O–H groups in total. The first-order valence-electron chi connectivity index (χ1n) is 30.6. The lowest BCUT2D eigenvalue weighted by Gasteiger charge is -2.40. The molecule has 12 heteroatoms. The van der Waals surface area contributed by atoms with Gasteiger partial charge in [-0.05, 0) is 44.9 Å². The standard InChI is InChI=1S/C63H110O12/c1-4-7-10-13-16-19-22-25-27-28-30-32-34-37-40-43-46-49-55(64)71-52-54(73-56(65)50-47-44-41-38-36-33-29-26-23-20-17-14-11-8-5-2)53-72-63-61(59(68)58(67)60(75-63)62(69)70)74-57(66)51-48-45-42-39-35-31-24-21-18-15-12-9-6-3/h9,12,18,21,31,35,42,45,54,58-61,63,67-68H,4-8,10-11,13-17,19-20,22-30,32-34,36-41,43-44,46-53H2,1-3H3,(H,69,70)/b12-9-,21-18-,35-31-,45-42-. The zero-order valence-electron chi connectivity index (χ0n) is 47.8. The third kappa shape index (κ3) is 41.5. The Bertz CT molecular complexity index is 1490. The van der Waals surface area contributed by atoms with Crippen molar-refractivity contribution < 1.29 is 58.2 Å². The van der Waals surface area contributed by atoms with Crippen LogP contribution < -0.4 is 0 Å². The Morgan fingerprint density at radius 1 is 0.453 bits per heavy atom. The third-order valence-corrected chi connectivity index (χ3v) is 13.9. The predicted molar refractivity (Wildman–Crippen MR) is 303 cm³/mol. The molecule has 0 spiro atoms. The van der Waals surface area contributed by atoms with Crippen LogP contribution in [0, 0.1) is 0 Å². The fraction of sp³-hybridized carbons (Fsp3) is 0.810. The first-order chi connectivity index (χ1) is 36.6. The highest BCUT2D eigenvalue weighted by Gasteiger charge is 2.50. The van der Waals surface area contributed by atoms with Crippen LogP contribution in [0.4, 0.5) is 0 Å². The van der Waals surface area contributed by atoms with Gasteiger partial charge in [-0.3, -0.25) is 14.4 Å². The number of ether oxygens (including phenoxy) is 5. The number of unbranched alkanes of at least 4 members (excludes halogenated alkanes) is 30. The van der Waals surface area contributed by atoms with Crippen molar-refractivity contribution in [3.8, 4) is 0 Å². The summed E-state index contributed by atoms with van der Waals surface area (Å²) in [7, 11) is 0. The predicted octanol–water partition coefficient (Wildman–Crippen LogP) is 15.8. The highest BCUT2D eigenvalue weighted by atomic mass is 16.7. The molecule has 1 heterocycles. The number of hydrogen-bond donors (Lipinski definition) is 3. The van der Waals surface area contributed by atoms with E-state index in [0.717, 1.165) is 57.8 Å². The van der Waals surface area contributed by atoms with Crippen LogP contribution in [0.2, 0.25) is 0 Å². The van der Waals surface area contributed by atoms with Crippen molar-refractivity contribution in [1.29, 1.82) is 0 Å². The second-order valence-electron chi connectivity index (χ2n) is 21.0. The normalized spacial score (nSPS) is 18.4. The highest BCUT2D eigenvalue weighted by molar-refractivity contribution is 5.74. The van der Waals surface area contributed by atoms with Gasteiger partial charge in [0, 0.05) is 19.3 Å². The topological polar surface area (TPSA) is 175 Å². The van der Waals surface area contributed by atoms with Gasteiger partial charge in [-0.15, -0.1) is 0 Å². The van der Waals surface area contributed by atoms with Gasteiger partial charge in [0.2, 0.25) is 0 Å². The molecular formula is C63H110O12. The Balaban J connectivity index is 2.69. The van der Waals surface area contributed by atoms with Crippen LogP contribution in [0.1, 0.15) is 278 Å². The Morgan fingerprint density at radius 3 is 1.25 bits per heavy atom. The van der Waals surface area contributed by atoms with Crippen molar-refractivity contribution in [2.24, 2.45) is 0 Å². The van der Waals surface area contributed by atoms with Crippen molar-refractivity contribution in [3.05, 3.63) is 48.6 Å². The van der Waals surface area contributed by atoms with Gasteiger partial charge in [-0.25, -0.2) is 4.79 Å². The van der Waals surface area contributed by atoms with Crippen molar-refractivity contribution in [3.63, 3.8) is 0 Å². The maximum absolute atomic E-state index is 13.2. The van der Waals surface area contributed by atoms with E-state index in [1.807, 2.05) is 18.2 Å². The van der Waals surface area contributed by atoms with E-state index in [0.29, 0.717) is 25.7 Å². The first-order valence-corrected chi connectivity index (χ1v) is 30.6. The third-order valence-electron chi connectivity index (χ3n) is 13.9. The van der Waals surface area contributed by atoms with E-state index in [9.17, 15) is 34.5 Å². The number of carbonyl (C=O) groups is 4. The molecule has 1 aliphatic rings. The summed E-state index contributed by atoms with van der Waals surface area (Å²) in [5.74, 6) is -3.20. The molecular weight excluding hydrogens is 949 g/mol. The maximum Gasteiger partial charge on any atom is 0.335 e. The van der Waals surface area contributed by atoms with E-state index < -0.39 is 67.3 Å². The number of aliphatic carboxylic acids is 1. The largest absolute Gasteiger partial charge is 0.479 e. The summed E-state index contributed by atoms with van der Waals surface area (Å²) in [6, 6.07) is 0. The number of carbonyl (C=O) groups excluding carboxylic acids is 3. The van der Waals surface area contributed by atoms with E-state index in [1.165, 1.54) is 154 Å². The van der Waals surface area contributed by atoms with Gasteiger partial charge in [0.15, 0.2) is 24.6 Å². The lowest BCUT2D eigenvalue weighted by molar-refractivity contribution is -0.301. The smallest absolute Gasteiger partial charge is 0.335 e. The number of hydrogen-bond acceptors (Lipinski definition) is 11. The van der Waals surface area contributed by atoms with E-state index in [1.54, 1.807) is 0 Å². The summed E-state index contributed by atoms with van der Waals surface area (Å²) in [4.78, 5) is 51.1. The molecule has 1 rings (SSSR count). The summed E-state index contributed by atoms with van der Waals surface area (Å²) in [5.41, 5.74) is 0. The van der Waals surface area contributed by atoms with Crippen molar-refractivity contribution >= 4 is 23.9 Å². The van der Waals surface area contributed by atoms with E-state index in [4.69, 9.17) is 23.7 Å². The zero-order valence-corrected chi connectivity index (χ0v) is 47.8. The number of aliphatic hydroxyl groups is 2. The second-order valence-corrected chi connectivity index (χ2v) is 21.0. The minimum atomic E-state index is -1.92. The number of carboxylic acid groups (broad SMARTS) is 1. The first kappa shape index (κ1) is 69.7. The minimum Gasteiger partial charge on any atom is -0.479 e. The maximum atomic E-state index is 13.2. The SMILES string of the molecule is CC/C=C\C/C=C\C/C=C\C/C=C\CCC(=O)OC1C(OCC(COC(=O)CCCCCCCCCCCCCCCCCCC)OC(=O)CCCCCCCCCCCCCCCCC)OC(C(=O)O)C(O)C1O. The van der Waals surface area contributed by atoms with Gasteiger partial charge in [0.05, 0.1) is 6.61 Å². The fourth-order valence-corrected chi connectivity index (χ4v) is 9.27. The molecule has 0 aromatic heterocycles. The highest BCUT2D eigenvalue weighted by Crippen LogP contribution is 2.26. The van der Waals surface area contributed by atoms with Crippen LogP contribution in [0.15, 0.2) is 48.6 Å². The molecule has 6 atom stereocenters. The summed E-state index contributed by atoms with van der Waals surface area (Å²) in [6.45, 7) is 5.88. The molecule has 434 valence electrons. The van der Waals surface area contributed by atoms with Gasteiger partial charge in [-0.2, -0.15) is 0 Å². The monoisotopic (exact) mass is 1060 g/mol. The van der Waals surface area contributed by atoms with E-state index in [2.05, 4.69) is 51.2 Å². The molecule has 0 aliphatic carbocycles. The molecule has 0 amide bonds. The molecule has 0 bridgehead atoms. The summed E-state index contributed by atoms with van der Waals surface area (Å²) in [6.07, 6.45) is 49.6. The zero-order chi connectivity index (χ0) is 54.7. The molecule has 0 radical (unpaired) electrons. The van der Waals surface area contributed by atoms with Crippen LogP contribution in [0.3, 0.4) is 0 Å². The average molecular weight is 1060 g/mol. The molecule has 0 aromatic carbocycles. The quantitative estimate of drug-likeness (QED) is 0.0228. The number of aliphatic hydroxyl groups excluding tert-OH is 2. The van der Waals surface area contributed by atoms with Crippen molar-refractivity contribution in [2.45, 2.75) is 314 Å². The number of esters is 3. The molecule has 0 saturated carbocycles. The van der Waals surface area contributed by atoms with E-state index in [-0.39, 0.29) is 25.9 Å². The Morgan fingerprint density at radius 2 is 0.840 bits per heavy atom. The van der Waals surface area contributed by atoms with Crippen LogP contribution in [-0.4, -0.2) is 89.2 Å². The minimum absolute atomic E-state index is 0.0580. The van der Waals surface area contributed by atoms with Crippen LogP contribution >= 0.6 is 0 Å². The summed E-state index contributed by atoms with van der Waals surface area (Å²) < 4.78 is 28.4. The van der Waals surface area contributed by atoms with E-state index >= 15 is 0 Å². The number of allylic oxidation sites excluding steroid dienone is 8. The number of carboxylic acids is 1. The van der Waals surface area contributed by atoms with Gasteiger partial charge >= 0.3 is 23.9 Å². The van der Waals surface area contributed by atoms with Gasteiger partial charge in [-0.1, -0.05) is 262 Å². The lowest BCUT2D eigenvalue weighted by Crippen LogP contribution is -2.61. The van der Waals surface area contributed by atoms with Crippen molar-refractivity contribution in [1.82, 2.24) is 0 Å². The van der Waals surface area contributed by atoms with Crippen LogP contribution in [0.25, 0.3) is 0 Å². The molecule has 1 fully saturated rings. The average Bonchev–Trinajstić information content (AvgIpc) is 3.39. The Hall–Kier alpha value is -3.32. The molecule has 75 heavy (non-hydrogen) atoms. The van der Waals surface area contributed by atoms with Gasteiger partial charge in [0.25, 0.3) is 0 Å². The van der Waals surface area contributed by atoms with Crippen LogP contribution in [0.5, 0.6) is 0 Å². The Kier molecular flexibility index (Phi) is 47.8. The fourth-order valence-electron chi connectivity index (χ4n) is 9.27. The molecule has 1 saturated heterocycles. The molecule has 0 aromatic rings. The summed E-state index contributed by atoms with van der Waals surface area (Å²) in [5, 5.41) is 31.4. The van der Waals surface area contributed by atoms with Crippen LogP contribution in [-0.2, 0) is 42.9 Å². The Labute approximate surface area is 456 Å². The summed E-state index contributed by atoms with van der Waals surface area (Å²) >= 11 is 0. The van der Waals surface area contributed by atoms with Gasteiger partial charge in [0.1, 0.15) is 18.8 Å². The second kappa shape index (κ2) is 51.4.